The highest BCUT2D eigenvalue weighted by Gasteiger charge is 2.37. The lowest BCUT2D eigenvalue weighted by molar-refractivity contribution is -0.678. The molecule has 0 saturated heterocycles. The number of benzene rings is 2. The number of aromatic nitrogens is 2. The Hall–Kier alpha value is -3.55. The van der Waals surface area contributed by atoms with Gasteiger partial charge in [-0.25, -0.2) is 4.79 Å². The van der Waals surface area contributed by atoms with E-state index < -0.39 is 5.63 Å². The molecular formula is C21H22N3O5+. The summed E-state index contributed by atoms with van der Waals surface area (Å²) in [6.07, 6.45) is 1.82. The molecule has 150 valence electrons. The maximum absolute atomic E-state index is 13.2. The predicted octanol–water partition coefficient (Wildman–Crippen LogP) is 2.07. The average molecular weight is 396 g/mol. The van der Waals surface area contributed by atoms with E-state index in [0.29, 0.717) is 28.4 Å². The third-order valence-electron chi connectivity index (χ3n) is 4.95. The first kappa shape index (κ1) is 18.8. The Morgan fingerprint density at radius 2 is 1.86 bits per heavy atom. The van der Waals surface area contributed by atoms with Gasteiger partial charge in [0.05, 0.1) is 14.2 Å². The van der Waals surface area contributed by atoms with Crippen molar-refractivity contribution in [3.8, 4) is 17.2 Å². The van der Waals surface area contributed by atoms with Gasteiger partial charge in [0.15, 0.2) is 0 Å². The monoisotopic (exact) mass is 396 g/mol. The zero-order valence-electron chi connectivity index (χ0n) is 16.3. The van der Waals surface area contributed by atoms with E-state index in [1.165, 1.54) is 0 Å². The van der Waals surface area contributed by atoms with Crippen LogP contribution in [-0.4, -0.2) is 36.3 Å². The topological polar surface area (TPSA) is 88.7 Å². The number of nitrogens with zero attached hydrogens (tertiary/aromatic N) is 2. The van der Waals surface area contributed by atoms with Gasteiger partial charge in [0.25, 0.3) is 5.91 Å². The van der Waals surface area contributed by atoms with E-state index in [4.69, 9.17) is 14.0 Å². The quantitative estimate of drug-likeness (QED) is 0.618. The van der Waals surface area contributed by atoms with Crippen molar-refractivity contribution in [2.45, 2.75) is 25.4 Å². The molecule has 0 aliphatic heterocycles. The molecule has 8 nitrogen and oxygen atoms in total. The number of carbonyl (C=O) groups is 1. The Kier molecular flexibility index (Phi) is 5.07. The van der Waals surface area contributed by atoms with Crippen molar-refractivity contribution in [3.05, 3.63) is 70.2 Å². The van der Waals surface area contributed by atoms with Crippen molar-refractivity contribution in [1.82, 2.24) is 10.2 Å². The van der Waals surface area contributed by atoms with Crippen LogP contribution in [0.5, 0.6) is 11.5 Å². The zero-order valence-corrected chi connectivity index (χ0v) is 16.3. The van der Waals surface area contributed by atoms with Crippen molar-refractivity contribution < 1.29 is 23.5 Å². The molecule has 3 aromatic rings. The SMILES string of the molecule is COc1ccc(-[n+]2[nH]oc(=O)c2CN(C(=O)c2cccc(OC)c2)C2CC2)cc1. The number of hydrogen-bond acceptors (Lipinski definition) is 5. The molecule has 1 amide bonds. The fraction of sp³-hybridized carbons (Fsp3) is 0.286. The summed E-state index contributed by atoms with van der Waals surface area (Å²) in [7, 11) is 3.15. The number of aromatic amines is 1. The van der Waals surface area contributed by atoms with Crippen molar-refractivity contribution in [2.24, 2.45) is 0 Å². The van der Waals surface area contributed by atoms with Gasteiger partial charge in [-0.3, -0.25) is 9.32 Å². The molecule has 1 saturated carbocycles. The molecule has 1 N–H and O–H groups in total. The van der Waals surface area contributed by atoms with Gasteiger partial charge in [-0.1, -0.05) is 6.07 Å². The van der Waals surface area contributed by atoms with E-state index >= 15 is 0 Å². The highest BCUT2D eigenvalue weighted by atomic mass is 16.5. The van der Waals surface area contributed by atoms with Crippen LogP contribution in [0, 0.1) is 0 Å². The Labute approximate surface area is 167 Å². The minimum absolute atomic E-state index is 0.104. The van der Waals surface area contributed by atoms with Crippen LogP contribution in [0.2, 0.25) is 0 Å². The van der Waals surface area contributed by atoms with Crippen LogP contribution in [0.1, 0.15) is 28.9 Å². The molecular weight excluding hydrogens is 374 g/mol. The Morgan fingerprint density at radius 3 is 2.52 bits per heavy atom. The lowest BCUT2D eigenvalue weighted by Gasteiger charge is -2.20. The molecule has 1 aromatic heterocycles. The van der Waals surface area contributed by atoms with Gasteiger partial charge >= 0.3 is 11.3 Å². The van der Waals surface area contributed by atoms with Crippen molar-refractivity contribution in [3.63, 3.8) is 0 Å². The predicted molar refractivity (Wildman–Crippen MR) is 103 cm³/mol. The van der Waals surface area contributed by atoms with Gasteiger partial charge in [0.2, 0.25) is 5.69 Å². The number of ether oxygens (including phenoxy) is 2. The highest BCUT2D eigenvalue weighted by molar-refractivity contribution is 5.95. The Bertz CT molecular complexity index is 1070. The van der Waals surface area contributed by atoms with Gasteiger partial charge in [0, 0.05) is 23.7 Å². The summed E-state index contributed by atoms with van der Waals surface area (Å²) in [5, 5.41) is 2.62. The molecule has 1 fully saturated rings. The minimum atomic E-state index is -0.509. The number of H-pyrrole nitrogens is 1. The van der Waals surface area contributed by atoms with Crippen LogP contribution in [0.15, 0.2) is 57.8 Å². The van der Waals surface area contributed by atoms with E-state index in [9.17, 15) is 9.59 Å². The van der Waals surface area contributed by atoms with Crippen LogP contribution < -0.4 is 19.8 Å². The summed E-state index contributed by atoms with van der Waals surface area (Å²) in [6, 6.07) is 14.3. The summed E-state index contributed by atoms with van der Waals surface area (Å²) in [5.41, 5.74) is 1.06. The van der Waals surface area contributed by atoms with Gasteiger partial charge < -0.3 is 14.4 Å². The number of amides is 1. The van der Waals surface area contributed by atoms with Gasteiger partial charge in [-0.15, -0.1) is 0 Å². The molecule has 1 heterocycles. The van der Waals surface area contributed by atoms with Crippen LogP contribution in [0.3, 0.4) is 0 Å². The number of hydrogen-bond donors (Lipinski definition) is 1. The third kappa shape index (κ3) is 3.87. The first-order valence-electron chi connectivity index (χ1n) is 9.32. The molecule has 0 atom stereocenters. The van der Waals surface area contributed by atoms with Crippen molar-refractivity contribution in [2.75, 3.05) is 14.2 Å². The molecule has 8 heteroatoms. The van der Waals surface area contributed by atoms with Crippen LogP contribution in [0.25, 0.3) is 5.69 Å². The van der Waals surface area contributed by atoms with E-state index in [-0.39, 0.29) is 18.5 Å². The fourth-order valence-corrected chi connectivity index (χ4v) is 3.20. The first-order valence-corrected chi connectivity index (χ1v) is 9.32. The number of rotatable bonds is 7. The Balaban J connectivity index is 1.65. The average Bonchev–Trinajstić information content (AvgIpc) is 3.54. The second-order valence-corrected chi connectivity index (χ2v) is 6.86. The molecule has 4 rings (SSSR count). The lowest BCUT2D eigenvalue weighted by Crippen LogP contribution is -2.43. The second kappa shape index (κ2) is 7.83. The van der Waals surface area contributed by atoms with Gasteiger partial charge in [-0.05, 0) is 53.1 Å². The maximum Gasteiger partial charge on any atom is 0.432 e. The number of methoxy groups -OCH3 is 2. The summed E-state index contributed by atoms with van der Waals surface area (Å²) >= 11 is 0. The smallest absolute Gasteiger partial charge is 0.432 e. The van der Waals surface area contributed by atoms with E-state index in [2.05, 4.69) is 5.27 Å². The highest BCUT2D eigenvalue weighted by Crippen LogP contribution is 2.30. The number of nitrogens with one attached hydrogen (secondary N) is 1. The van der Waals surface area contributed by atoms with Crippen LogP contribution in [-0.2, 0) is 6.54 Å². The normalized spacial score (nSPS) is 13.2. The fourth-order valence-electron chi connectivity index (χ4n) is 3.20. The standard InChI is InChI=1S/C21H21N3O5/c1-27-17-10-8-16(9-11-17)24-19(21(26)29-22-24)13-23(15-6-7-15)20(25)14-4-3-5-18(12-14)28-2/h3-5,8-12,15H,6-7,13H2,1-2H3/p+1. The van der Waals surface area contributed by atoms with Gasteiger partial charge in [-0.2, -0.15) is 0 Å². The third-order valence-corrected chi connectivity index (χ3v) is 4.95. The van der Waals surface area contributed by atoms with Crippen molar-refractivity contribution in [1.29, 1.82) is 0 Å². The summed E-state index contributed by atoms with van der Waals surface area (Å²) in [5.74, 6) is 1.17. The van der Waals surface area contributed by atoms with Gasteiger partial charge in [0.1, 0.15) is 18.0 Å². The minimum Gasteiger partial charge on any atom is -0.497 e. The second-order valence-electron chi connectivity index (χ2n) is 6.86. The van der Waals surface area contributed by atoms with Crippen molar-refractivity contribution >= 4 is 5.91 Å². The summed E-state index contributed by atoms with van der Waals surface area (Å²) in [6.45, 7) is 0.137. The zero-order chi connectivity index (χ0) is 20.4. The van der Waals surface area contributed by atoms with E-state index in [0.717, 1.165) is 12.8 Å². The number of carbonyl (C=O) groups excluding carboxylic acids is 1. The van der Waals surface area contributed by atoms with E-state index in [1.54, 1.807) is 72.3 Å². The summed E-state index contributed by atoms with van der Waals surface area (Å²) < 4.78 is 17.0. The molecule has 0 bridgehead atoms. The molecule has 0 spiro atoms. The summed E-state index contributed by atoms with van der Waals surface area (Å²) in [4.78, 5) is 27.3. The largest absolute Gasteiger partial charge is 0.497 e. The molecule has 1 aliphatic carbocycles. The van der Waals surface area contributed by atoms with E-state index in [1.807, 2.05) is 0 Å². The first-order chi connectivity index (χ1) is 14.1. The lowest BCUT2D eigenvalue weighted by atomic mass is 10.1. The Morgan fingerprint density at radius 1 is 1.14 bits per heavy atom. The molecule has 0 unspecified atom stereocenters. The molecule has 29 heavy (non-hydrogen) atoms. The van der Waals surface area contributed by atoms with Crippen LogP contribution in [0.4, 0.5) is 0 Å². The molecule has 2 aromatic carbocycles. The maximum atomic E-state index is 13.2. The molecule has 1 aliphatic rings. The van der Waals surface area contributed by atoms with Crippen LogP contribution >= 0.6 is 0 Å². The molecule has 0 radical (unpaired) electrons.